The molecule has 3 N–H and O–H groups in total. The summed E-state index contributed by atoms with van der Waals surface area (Å²) < 4.78 is 0. The number of carbonyl (C=O) groups is 1. The SMILES string of the molecule is Cl.NC1CCCC(C(=O)NCCc2ccccc2)C1. The van der Waals surface area contributed by atoms with E-state index >= 15 is 0 Å². The second-order valence-electron chi connectivity index (χ2n) is 5.15. The van der Waals surface area contributed by atoms with Crippen molar-refractivity contribution in [1.29, 1.82) is 0 Å². The zero-order valence-electron chi connectivity index (χ0n) is 11.2. The van der Waals surface area contributed by atoms with Crippen LogP contribution >= 0.6 is 12.4 Å². The molecule has 0 radical (unpaired) electrons. The number of nitrogens with one attached hydrogen (secondary N) is 1. The second kappa shape index (κ2) is 8.18. The van der Waals surface area contributed by atoms with Crippen molar-refractivity contribution >= 4 is 18.3 Å². The highest BCUT2D eigenvalue weighted by Crippen LogP contribution is 2.22. The molecule has 0 aliphatic heterocycles. The van der Waals surface area contributed by atoms with E-state index in [0.717, 1.165) is 32.1 Å². The Balaban J connectivity index is 0.00000180. The standard InChI is InChI=1S/C15H22N2O.ClH/c16-14-8-4-7-13(11-14)15(18)17-10-9-12-5-2-1-3-6-12;/h1-3,5-6,13-14H,4,7-11,16H2,(H,17,18);1H. The quantitative estimate of drug-likeness (QED) is 0.890. The minimum absolute atomic E-state index is 0. The van der Waals surface area contributed by atoms with E-state index in [9.17, 15) is 4.79 Å². The minimum Gasteiger partial charge on any atom is -0.356 e. The van der Waals surface area contributed by atoms with Crippen molar-refractivity contribution in [3.05, 3.63) is 35.9 Å². The van der Waals surface area contributed by atoms with Gasteiger partial charge in [0.15, 0.2) is 0 Å². The molecule has 1 amide bonds. The first-order valence-electron chi connectivity index (χ1n) is 6.83. The summed E-state index contributed by atoms with van der Waals surface area (Å²) in [5.41, 5.74) is 7.16. The molecular formula is C15H23ClN2O. The Bertz CT molecular complexity index is 383. The molecule has 106 valence electrons. The van der Waals surface area contributed by atoms with Gasteiger partial charge in [0.25, 0.3) is 0 Å². The predicted octanol–water partition coefficient (Wildman–Crippen LogP) is 2.28. The van der Waals surface area contributed by atoms with Crippen LogP contribution in [0.1, 0.15) is 31.2 Å². The van der Waals surface area contributed by atoms with Crippen molar-refractivity contribution < 1.29 is 4.79 Å². The van der Waals surface area contributed by atoms with Gasteiger partial charge in [-0.1, -0.05) is 36.8 Å². The van der Waals surface area contributed by atoms with Crippen LogP contribution in [0.2, 0.25) is 0 Å². The third-order valence-electron chi connectivity index (χ3n) is 3.64. The number of amides is 1. The average molecular weight is 283 g/mol. The van der Waals surface area contributed by atoms with E-state index in [2.05, 4.69) is 17.4 Å². The molecule has 4 heteroatoms. The van der Waals surface area contributed by atoms with Gasteiger partial charge < -0.3 is 11.1 Å². The van der Waals surface area contributed by atoms with Gasteiger partial charge in [-0.25, -0.2) is 0 Å². The van der Waals surface area contributed by atoms with Crippen LogP contribution in [0.25, 0.3) is 0 Å². The normalized spacial score (nSPS) is 22.4. The van der Waals surface area contributed by atoms with E-state index in [1.165, 1.54) is 5.56 Å². The Morgan fingerprint density at radius 3 is 2.68 bits per heavy atom. The molecule has 1 aromatic rings. The summed E-state index contributed by atoms with van der Waals surface area (Å²) in [6, 6.07) is 10.4. The number of rotatable bonds is 4. The van der Waals surface area contributed by atoms with Gasteiger partial charge in [-0.2, -0.15) is 0 Å². The van der Waals surface area contributed by atoms with Crippen LogP contribution in [-0.4, -0.2) is 18.5 Å². The van der Waals surface area contributed by atoms with Gasteiger partial charge in [0, 0.05) is 18.5 Å². The van der Waals surface area contributed by atoms with Crippen molar-refractivity contribution in [3.63, 3.8) is 0 Å². The zero-order valence-corrected chi connectivity index (χ0v) is 12.0. The van der Waals surface area contributed by atoms with Crippen LogP contribution in [0, 0.1) is 5.92 Å². The Morgan fingerprint density at radius 2 is 2.00 bits per heavy atom. The van der Waals surface area contributed by atoms with E-state index in [0.29, 0.717) is 6.54 Å². The molecule has 19 heavy (non-hydrogen) atoms. The Morgan fingerprint density at radius 1 is 1.26 bits per heavy atom. The highest BCUT2D eigenvalue weighted by atomic mass is 35.5. The summed E-state index contributed by atoms with van der Waals surface area (Å²) in [4.78, 5) is 12.0. The summed E-state index contributed by atoms with van der Waals surface area (Å²) in [5, 5.41) is 3.03. The van der Waals surface area contributed by atoms with Crippen LogP contribution in [0.3, 0.4) is 0 Å². The molecule has 2 atom stereocenters. The predicted molar refractivity (Wildman–Crippen MR) is 80.3 cm³/mol. The molecule has 2 unspecified atom stereocenters. The molecule has 1 saturated carbocycles. The fraction of sp³-hybridized carbons (Fsp3) is 0.533. The lowest BCUT2D eigenvalue weighted by atomic mass is 9.85. The maximum atomic E-state index is 12.0. The number of halogens is 1. The second-order valence-corrected chi connectivity index (χ2v) is 5.15. The van der Waals surface area contributed by atoms with Crippen molar-refractivity contribution in [1.82, 2.24) is 5.32 Å². The fourth-order valence-electron chi connectivity index (χ4n) is 2.58. The van der Waals surface area contributed by atoms with E-state index in [1.807, 2.05) is 18.2 Å². The van der Waals surface area contributed by atoms with Gasteiger partial charge >= 0.3 is 0 Å². The van der Waals surface area contributed by atoms with Crippen molar-refractivity contribution in [2.45, 2.75) is 38.1 Å². The molecule has 0 bridgehead atoms. The monoisotopic (exact) mass is 282 g/mol. The number of hydrogen-bond acceptors (Lipinski definition) is 2. The van der Waals surface area contributed by atoms with Crippen LogP contribution in [-0.2, 0) is 11.2 Å². The van der Waals surface area contributed by atoms with E-state index in [-0.39, 0.29) is 30.3 Å². The molecule has 1 aliphatic carbocycles. The molecule has 0 aromatic heterocycles. The van der Waals surface area contributed by atoms with E-state index in [1.54, 1.807) is 0 Å². The van der Waals surface area contributed by atoms with Gasteiger partial charge in [-0.05, 0) is 31.2 Å². The van der Waals surface area contributed by atoms with Crippen LogP contribution in [0.15, 0.2) is 30.3 Å². The molecule has 2 rings (SSSR count). The van der Waals surface area contributed by atoms with Gasteiger partial charge in [0.1, 0.15) is 0 Å². The summed E-state index contributed by atoms with van der Waals surface area (Å²) in [5.74, 6) is 0.311. The van der Waals surface area contributed by atoms with Crippen LogP contribution in [0.4, 0.5) is 0 Å². The topological polar surface area (TPSA) is 55.1 Å². The van der Waals surface area contributed by atoms with E-state index in [4.69, 9.17) is 5.73 Å². The van der Waals surface area contributed by atoms with Gasteiger partial charge in [-0.3, -0.25) is 4.79 Å². The lowest BCUT2D eigenvalue weighted by Crippen LogP contribution is -2.38. The van der Waals surface area contributed by atoms with E-state index < -0.39 is 0 Å². The van der Waals surface area contributed by atoms with Gasteiger partial charge in [0.2, 0.25) is 5.91 Å². The highest BCUT2D eigenvalue weighted by Gasteiger charge is 2.24. The molecule has 0 spiro atoms. The largest absolute Gasteiger partial charge is 0.356 e. The molecule has 1 aromatic carbocycles. The first kappa shape index (κ1) is 16.0. The van der Waals surface area contributed by atoms with Crippen LogP contribution in [0.5, 0.6) is 0 Å². The lowest BCUT2D eigenvalue weighted by molar-refractivity contribution is -0.126. The van der Waals surface area contributed by atoms with Crippen molar-refractivity contribution in [2.75, 3.05) is 6.54 Å². The summed E-state index contributed by atoms with van der Waals surface area (Å²) in [7, 11) is 0. The molecular weight excluding hydrogens is 260 g/mol. The molecule has 1 aliphatic rings. The highest BCUT2D eigenvalue weighted by molar-refractivity contribution is 5.85. The minimum atomic E-state index is 0. The van der Waals surface area contributed by atoms with Crippen molar-refractivity contribution in [2.24, 2.45) is 11.7 Å². The Hall–Kier alpha value is -1.06. The number of carbonyl (C=O) groups excluding carboxylic acids is 1. The Kier molecular flexibility index (Phi) is 6.89. The Labute approximate surface area is 121 Å². The molecule has 3 nitrogen and oxygen atoms in total. The molecule has 0 heterocycles. The first-order chi connectivity index (χ1) is 8.75. The third-order valence-corrected chi connectivity index (χ3v) is 3.64. The summed E-state index contributed by atoms with van der Waals surface area (Å²) >= 11 is 0. The third kappa shape index (κ3) is 5.21. The maximum absolute atomic E-state index is 12.0. The van der Waals surface area contributed by atoms with Gasteiger partial charge in [0.05, 0.1) is 0 Å². The average Bonchev–Trinajstić information content (AvgIpc) is 2.40. The molecule has 1 fully saturated rings. The molecule has 0 saturated heterocycles. The van der Waals surface area contributed by atoms with Crippen molar-refractivity contribution in [3.8, 4) is 0 Å². The number of benzene rings is 1. The number of hydrogen-bond donors (Lipinski definition) is 2. The van der Waals surface area contributed by atoms with Gasteiger partial charge in [-0.15, -0.1) is 12.4 Å². The zero-order chi connectivity index (χ0) is 12.8. The first-order valence-corrected chi connectivity index (χ1v) is 6.83. The number of nitrogens with two attached hydrogens (primary N) is 1. The lowest BCUT2D eigenvalue weighted by Gasteiger charge is -2.25. The summed E-state index contributed by atoms with van der Waals surface area (Å²) in [6.45, 7) is 0.717. The fourth-order valence-corrected chi connectivity index (χ4v) is 2.58. The maximum Gasteiger partial charge on any atom is 0.223 e. The smallest absolute Gasteiger partial charge is 0.223 e. The van der Waals surface area contributed by atoms with Crippen LogP contribution < -0.4 is 11.1 Å². The summed E-state index contributed by atoms with van der Waals surface area (Å²) in [6.07, 6.45) is 4.87.